The van der Waals surface area contributed by atoms with Crippen LogP contribution in [-0.4, -0.2) is 55.2 Å². The van der Waals surface area contributed by atoms with E-state index in [0.717, 1.165) is 51.4 Å². The van der Waals surface area contributed by atoms with Crippen molar-refractivity contribution in [2.45, 2.75) is 19.8 Å². The Balaban J connectivity index is 1.59. The molecule has 5 heteroatoms. The van der Waals surface area contributed by atoms with Gasteiger partial charge in [0.1, 0.15) is 5.69 Å². The van der Waals surface area contributed by atoms with E-state index < -0.39 is 0 Å². The van der Waals surface area contributed by atoms with Gasteiger partial charge in [0.05, 0.1) is 13.2 Å². The topological polar surface area (TPSA) is 54.5 Å². The van der Waals surface area contributed by atoms with Crippen molar-refractivity contribution in [3.8, 4) is 0 Å². The van der Waals surface area contributed by atoms with Crippen molar-refractivity contribution in [2.24, 2.45) is 0 Å². The molecule has 110 valence electrons. The summed E-state index contributed by atoms with van der Waals surface area (Å²) in [5.74, 6) is -0.0833. The Hall–Kier alpha value is -1.46. The number of nitrogens with zero attached hydrogens (tertiary/aromatic N) is 2. The van der Waals surface area contributed by atoms with Crippen LogP contribution in [0.4, 0.5) is 0 Å². The van der Waals surface area contributed by atoms with Crippen LogP contribution in [0.1, 0.15) is 29.0 Å². The lowest BCUT2D eigenvalue weighted by Gasteiger charge is -2.26. The first-order valence-corrected chi connectivity index (χ1v) is 7.27. The van der Waals surface area contributed by atoms with Crippen LogP contribution in [0.2, 0.25) is 0 Å². The van der Waals surface area contributed by atoms with Crippen LogP contribution in [0.25, 0.3) is 0 Å². The van der Waals surface area contributed by atoms with Crippen molar-refractivity contribution in [1.29, 1.82) is 0 Å². The average Bonchev–Trinajstić information content (AvgIpc) is 2.48. The van der Waals surface area contributed by atoms with Gasteiger partial charge >= 0.3 is 0 Å². The Morgan fingerprint density at radius 1 is 1.35 bits per heavy atom. The molecular formula is C15H23N3O2. The molecule has 1 saturated heterocycles. The molecule has 1 amide bonds. The first-order chi connectivity index (χ1) is 9.75. The molecule has 1 aromatic rings. The number of aromatic nitrogens is 1. The molecule has 0 aromatic carbocycles. The highest BCUT2D eigenvalue weighted by Crippen LogP contribution is 2.01. The molecule has 0 aliphatic carbocycles. The van der Waals surface area contributed by atoms with Gasteiger partial charge in [-0.15, -0.1) is 0 Å². The number of hydrogen-bond donors (Lipinski definition) is 1. The largest absolute Gasteiger partial charge is 0.379 e. The van der Waals surface area contributed by atoms with Gasteiger partial charge in [0, 0.05) is 25.3 Å². The number of morpholine rings is 1. The molecule has 0 unspecified atom stereocenters. The smallest absolute Gasteiger partial charge is 0.269 e. The fourth-order valence-electron chi connectivity index (χ4n) is 2.25. The molecule has 0 radical (unpaired) electrons. The number of aryl methyl sites for hydroxylation is 1. The summed E-state index contributed by atoms with van der Waals surface area (Å²) >= 11 is 0. The van der Waals surface area contributed by atoms with Gasteiger partial charge in [0.25, 0.3) is 5.91 Å². The summed E-state index contributed by atoms with van der Waals surface area (Å²) in [5, 5.41) is 2.92. The Labute approximate surface area is 120 Å². The number of pyridine rings is 1. The second kappa shape index (κ2) is 7.97. The number of unbranched alkanes of at least 4 members (excludes halogenated alkanes) is 1. The van der Waals surface area contributed by atoms with Crippen LogP contribution in [0.3, 0.4) is 0 Å². The van der Waals surface area contributed by atoms with Gasteiger partial charge in [0.15, 0.2) is 0 Å². The standard InChI is InChI=1S/C15H23N3O2/c1-13-5-4-6-14(17-13)15(19)16-7-2-3-8-18-9-11-20-12-10-18/h4-6H,2-3,7-12H2,1H3,(H,16,19). The minimum Gasteiger partial charge on any atom is -0.379 e. The van der Waals surface area contributed by atoms with Crippen molar-refractivity contribution < 1.29 is 9.53 Å². The highest BCUT2D eigenvalue weighted by atomic mass is 16.5. The first-order valence-electron chi connectivity index (χ1n) is 7.27. The van der Waals surface area contributed by atoms with Crippen molar-refractivity contribution >= 4 is 5.91 Å². The molecule has 0 bridgehead atoms. The van der Waals surface area contributed by atoms with Gasteiger partial charge in [-0.05, 0) is 38.4 Å². The summed E-state index contributed by atoms with van der Waals surface area (Å²) in [6.07, 6.45) is 2.09. The number of hydrogen-bond acceptors (Lipinski definition) is 4. The van der Waals surface area contributed by atoms with Crippen molar-refractivity contribution in [2.75, 3.05) is 39.4 Å². The quantitative estimate of drug-likeness (QED) is 0.795. The maximum atomic E-state index is 11.9. The third-order valence-electron chi connectivity index (χ3n) is 3.41. The molecule has 20 heavy (non-hydrogen) atoms. The average molecular weight is 277 g/mol. The van der Waals surface area contributed by atoms with Crippen LogP contribution >= 0.6 is 0 Å². The van der Waals surface area contributed by atoms with Crippen LogP contribution in [0, 0.1) is 6.92 Å². The second-order valence-electron chi connectivity index (χ2n) is 5.08. The number of carbonyl (C=O) groups excluding carboxylic acids is 1. The molecule has 2 rings (SSSR count). The first kappa shape index (κ1) is 14.9. The maximum absolute atomic E-state index is 11.9. The summed E-state index contributed by atoms with van der Waals surface area (Å²) in [6.45, 7) is 7.42. The molecule has 1 aromatic heterocycles. The molecule has 0 spiro atoms. The van der Waals surface area contributed by atoms with Gasteiger partial charge < -0.3 is 10.1 Å². The molecule has 1 N–H and O–H groups in total. The van der Waals surface area contributed by atoms with E-state index in [1.54, 1.807) is 6.07 Å². The molecule has 1 fully saturated rings. The molecule has 2 heterocycles. The Morgan fingerprint density at radius 2 is 2.15 bits per heavy atom. The SMILES string of the molecule is Cc1cccc(C(=O)NCCCCN2CCOCC2)n1. The monoisotopic (exact) mass is 277 g/mol. The molecule has 1 aliphatic heterocycles. The molecule has 0 saturated carbocycles. The highest BCUT2D eigenvalue weighted by molar-refractivity contribution is 5.92. The van der Waals surface area contributed by atoms with Crippen LogP contribution in [0.5, 0.6) is 0 Å². The van der Waals surface area contributed by atoms with Gasteiger partial charge in [0.2, 0.25) is 0 Å². The minimum atomic E-state index is -0.0833. The zero-order valence-electron chi connectivity index (χ0n) is 12.1. The van der Waals surface area contributed by atoms with E-state index in [1.165, 1.54) is 0 Å². The molecule has 0 atom stereocenters. The van der Waals surface area contributed by atoms with E-state index in [0.29, 0.717) is 12.2 Å². The summed E-state index contributed by atoms with van der Waals surface area (Å²) in [7, 11) is 0. The Bertz CT molecular complexity index is 431. The van der Waals surface area contributed by atoms with E-state index in [4.69, 9.17) is 4.74 Å². The predicted octanol–water partition coefficient (Wildman–Crippen LogP) is 1.23. The third kappa shape index (κ3) is 4.90. The van der Waals surface area contributed by atoms with E-state index in [2.05, 4.69) is 15.2 Å². The summed E-state index contributed by atoms with van der Waals surface area (Å²) < 4.78 is 5.31. The van der Waals surface area contributed by atoms with Crippen molar-refractivity contribution in [3.63, 3.8) is 0 Å². The second-order valence-corrected chi connectivity index (χ2v) is 5.08. The lowest BCUT2D eigenvalue weighted by atomic mass is 10.2. The Kier molecular flexibility index (Phi) is 5.95. The van der Waals surface area contributed by atoms with Crippen molar-refractivity contribution in [1.82, 2.24) is 15.2 Å². The molecule has 1 aliphatic rings. The van der Waals surface area contributed by atoms with Crippen LogP contribution in [-0.2, 0) is 4.74 Å². The fraction of sp³-hybridized carbons (Fsp3) is 0.600. The third-order valence-corrected chi connectivity index (χ3v) is 3.41. The molecular weight excluding hydrogens is 254 g/mol. The van der Waals surface area contributed by atoms with Gasteiger partial charge in [-0.3, -0.25) is 9.69 Å². The van der Waals surface area contributed by atoms with Crippen LogP contribution < -0.4 is 5.32 Å². The van der Waals surface area contributed by atoms with E-state index >= 15 is 0 Å². The minimum absolute atomic E-state index is 0.0833. The summed E-state index contributed by atoms with van der Waals surface area (Å²) in [4.78, 5) is 18.5. The number of ether oxygens (including phenoxy) is 1. The number of carbonyl (C=O) groups is 1. The number of rotatable bonds is 6. The van der Waals surface area contributed by atoms with Crippen LogP contribution in [0.15, 0.2) is 18.2 Å². The number of amides is 1. The zero-order valence-corrected chi connectivity index (χ0v) is 12.1. The van der Waals surface area contributed by atoms with Gasteiger partial charge in [-0.2, -0.15) is 0 Å². The normalized spacial score (nSPS) is 16.1. The summed E-state index contributed by atoms with van der Waals surface area (Å²) in [6, 6.07) is 5.49. The Morgan fingerprint density at radius 3 is 2.90 bits per heavy atom. The lowest BCUT2D eigenvalue weighted by Crippen LogP contribution is -2.37. The van der Waals surface area contributed by atoms with Gasteiger partial charge in [-0.1, -0.05) is 6.07 Å². The van der Waals surface area contributed by atoms with E-state index in [9.17, 15) is 4.79 Å². The van der Waals surface area contributed by atoms with Crippen molar-refractivity contribution in [3.05, 3.63) is 29.6 Å². The van der Waals surface area contributed by atoms with Gasteiger partial charge in [-0.25, -0.2) is 4.98 Å². The van der Waals surface area contributed by atoms with E-state index in [-0.39, 0.29) is 5.91 Å². The van der Waals surface area contributed by atoms with E-state index in [1.807, 2.05) is 19.1 Å². The highest BCUT2D eigenvalue weighted by Gasteiger charge is 2.09. The predicted molar refractivity (Wildman–Crippen MR) is 77.8 cm³/mol. The lowest BCUT2D eigenvalue weighted by molar-refractivity contribution is 0.0372. The fourth-order valence-corrected chi connectivity index (χ4v) is 2.25. The summed E-state index contributed by atoms with van der Waals surface area (Å²) in [5.41, 5.74) is 1.36. The molecule has 5 nitrogen and oxygen atoms in total. The number of nitrogens with one attached hydrogen (secondary N) is 1. The maximum Gasteiger partial charge on any atom is 0.269 e. The zero-order chi connectivity index (χ0) is 14.2.